The van der Waals surface area contributed by atoms with Gasteiger partial charge < -0.3 is 0 Å². The van der Waals surface area contributed by atoms with Crippen molar-refractivity contribution in [3.63, 3.8) is 0 Å². The van der Waals surface area contributed by atoms with Crippen LogP contribution in [0.4, 0.5) is 5.69 Å². The number of nitro groups is 1. The zero-order chi connectivity index (χ0) is 11.5. The van der Waals surface area contributed by atoms with Gasteiger partial charge in [0.05, 0.1) is 4.92 Å². The highest BCUT2D eigenvalue weighted by Crippen LogP contribution is 2.19. The highest BCUT2D eigenvalue weighted by atomic mass is 35.5. The van der Waals surface area contributed by atoms with Crippen LogP contribution in [0.1, 0.15) is 11.3 Å². The average Bonchev–Trinajstić information content (AvgIpc) is 2.69. The van der Waals surface area contributed by atoms with Crippen LogP contribution in [0.5, 0.6) is 0 Å². The molecule has 0 bridgehead atoms. The first-order valence-corrected chi connectivity index (χ1v) is 4.95. The third kappa shape index (κ3) is 2.20. The van der Waals surface area contributed by atoms with E-state index < -0.39 is 4.92 Å². The summed E-state index contributed by atoms with van der Waals surface area (Å²) in [5.74, 6) is 0. The van der Waals surface area contributed by atoms with Gasteiger partial charge in [-0.25, -0.2) is 0 Å². The van der Waals surface area contributed by atoms with Gasteiger partial charge in [0, 0.05) is 11.4 Å². The molecule has 0 spiro atoms. The molecule has 0 aliphatic carbocycles. The predicted octanol–water partition coefficient (Wildman–Crippen LogP) is 2.56. The van der Waals surface area contributed by atoms with E-state index in [2.05, 4.69) is 10.2 Å². The molecule has 5 nitrogen and oxygen atoms in total. The highest BCUT2D eigenvalue weighted by Gasteiger charge is 2.15. The van der Waals surface area contributed by atoms with Gasteiger partial charge in [0.2, 0.25) is 0 Å². The molecular weight excluding hydrogens is 230 g/mol. The molecule has 1 aromatic carbocycles. The van der Waals surface area contributed by atoms with Gasteiger partial charge in [-0.15, -0.1) is 0 Å². The molecule has 0 amide bonds. The second-order valence-corrected chi connectivity index (χ2v) is 3.73. The number of hydrogen-bond donors (Lipinski definition) is 1. The van der Waals surface area contributed by atoms with Gasteiger partial charge in [-0.2, -0.15) is 5.10 Å². The van der Waals surface area contributed by atoms with Crippen molar-refractivity contribution in [2.24, 2.45) is 0 Å². The number of rotatable bonds is 3. The fourth-order valence-corrected chi connectivity index (χ4v) is 1.53. The summed E-state index contributed by atoms with van der Waals surface area (Å²) >= 11 is 5.75. The van der Waals surface area contributed by atoms with Crippen LogP contribution in [-0.4, -0.2) is 15.1 Å². The molecule has 0 fully saturated rings. The number of hydrogen-bond acceptors (Lipinski definition) is 3. The monoisotopic (exact) mass is 237 g/mol. The molecule has 82 valence electrons. The topological polar surface area (TPSA) is 71.8 Å². The Balaban J connectivity index is 2.23. The van der Waals surface area contributed by atoms with E-state index in [-0.39, 0.29) is 5.69 Å². The van der Waals surface area contributed by atoms with Crippen molar-refractivity contribution in [2.45, 2.75) is 6.42 Å². The van der Waals surface area contributed by atoms with Gasteiger partial charge in [-0.3, -0.25) is 15.2 Å². The molecule has 2 rings (SSSR count). The minimum absolute atomic E-state index is 0.00921. The van der Waals surface area contributed by atoms with Crippen LogP contribution < -0.4 is 0 Å². The fourth-order valence-electron chi connectivity index (χ4n) is 1.40. The van der Waals surface area contributed by atoms with Crippen molar-refractivity contribution < 1.29 is 4.92 Å². The molecule has 0 aliphatic rings. The SMILES string of the molecule is O=[N+]([O-])c1cn[nH]c1Cc1ccc(Cl)cc1. The fraction of sp³-hybridized carbons (Fsp3) is 0.100. The summed E-state index contributed by atoms with van der Waals surface area (Å²) in [7, 11) is 0. The van der Waals surface area contributed by atoms with Crippen LogP contribution in [0, 0.1) is 10.1 Å². The van der Waals surface area contributed by atoms with Gasteiger partial charge >= 0.3 is 5.69 Å². The Bertz CT molecular complexity index is 507. The summed E-state index contributed by atoms with van der Waals surface area (Å²) in [4.78, 5) is 10.2. The van der Waals surface area contributed by atoms with Crippen LogP contribution in [0.15, 0.2) is 30.5 Å². The summed E-state index contributed by atoms with van der Waals surface area (Å²) in [6, 6.07) is 7.15. The van der Waals surface area contributed by atoms with Crippen molar-refractivity contribution in [1.82, 2.24) is 10.2 Å². The van der Waals surface area contributed by atoms with E-state index in [1.54, 1.807) is 12.1 Å². The molecule has 1 heterocycles. The first kappa shape index (κ1) is 10.6. The molecule has 2 aromatic rings. The number of nitrogens with one attached hydrogen (secondary N) is 1. The lowest BCUT2D eigenvalue weighted by atomic mass is 10.1. The van der Waals surface area contributed by atoms with Crippen LogP contribution in [0.25, 0.3) is 0 Å². The van der Waals surface area contributed by atoms with Crippen LogP contribution in [-0.2, 0) is 6.42 Å². The minimum atomic E-state index is -0.450. The standard InChI is InChI=1S/C10H8ClN3O2/c11-8-3-1-7(2-4-8)5-9-10(14(15)16)6-12-13-9/h1-4,6H,5H2,(H,12,13). The number of H-pyrrole nitrogens is 1. The van der Waals surface area contributed by atoms with Crippen LogP contribution >= 0.6 is 11.6 Å². The quantitative estimate of drug-likeness (QED) is 0.659. The molecule has 1 N–H and O–H groups in total. The van der Waals surface area contributed by atoms with E-state index in [1.165, 1.54) is 6.20 Å². The Labute approximate surface area is 96.2 Å². The summed E-state index contributed by atoms with van der Waals surface area (Å²) in [5.41, 5.74) is 1.44. The molecule has 0 saturated heterocycles. The lowest BCUT2D eigenvalue weighted by molar-refractivity contribution is -0.385. The van der Waals surface area contributed by atoms with Gasteiger partial charge in [0.1, 0.15) is 11.9 Å². The van der Waals surface area contributed by atoms with E-state index in [0.717, 1.165) is 5.56 Å². The van der Waals surface area contributed by atoms with Crippen molar-refractivity contribution >= 4 is 17.3 Å². The number of benzene rings is 1. The zero-order valence-electron chi connectivity index (χ0n) is 8.18. The normalized spacial score (nSPS) is 10.3. The average molecular weight is 238 g/mol. The van der Waals surface area contributed by atoms with Gasteiger partial charge in [0.15, 0.2) is 0 Å². The van der Waals surface area contributed by atoms with E-state index >= 15 is 0 Å². The summed E-state index contributed by atoms with van der Waals surface area (Å²) in [6.45, 7) is 0. The molecular formula is C10H8ClN3O2. The number of aromatic amines is 1. The van der Waals surface area contributed by atoms with E-state index in [9.17, 15) is 10.1 Å². The van der Waals surface area contributed by atoms with E-state index in [4.69, 9.17) is 11.6 Å². The van der Waals surface area contributed by atoms with E-state index in [0.29, 0.717) is 17.1 Å². The number of aromatic nitrogens is 2. The zero-order valence-corrected chi connectivity index (χ0v) is 8.94. The summed E-state index contributed by atoms with van der Waals surface area (Å²) < 4.78 is 0. The van der Waals surface area contributed by atoms with Crippen molar-refractivity contribution in [3.8, 4) is 0 Å². The molecule has 0 saturated carbocycles. The van der Waals surface area contributed by atoms with E-state index in [1.807, 2.05) is 12.1 Å². The Morgan fingerprint density at radius 1 is 1.38 bits per heavy atom. The Morgan fingerprint density at radius 3 is 2.69 bits per heavy atom. The van der Waals surface area contributed by atoms with Crippen molar-refractivity contribution in [2.75, 3.05) is 0 Å². The predicted molar refractivity (Wildman–Crippen MR) is 59.5 cm³/mol. The highest BCUT2D eigenvalue weighted by molar-refractivity contribution is 6.30. The second-order valence-electron chi connectivity index (χ2n) is 3.29. The second kappa shape index (κ2) is 4.32. The Kier molecular flexibility index (Phi) is 2.87. The molecule has 6 heteroatoms. The van der Waals surface area contributed by atoms with Gasteiger partial charge in [-0.05, 0) is 17.7 Å². The maximum Gasteiger partial charge on any atom is 0.310 e. The maximum atomic E-state index is 10.7. The van der Waals surface area contributed by atoms with Gasteiger partial charge in [-0.1, -0.05) is 23.7 Å². The summed E-state index contributed by atoms with van der Waals surface area (Å²) in [5, 5.41) is 17.6. The van der Waals surface area contributed by atoms with Crippen molar-refractivity contribution in [3.05, 3.63) is 56.9 Å². The number of nitrogens with zero attached hydrogens (tertiary/aromatic N) is 2. The number of halogens is 1. The molecule has 0 unspecified atom stereocenters. The maximum absolute atomic E-state index is 10.7. The summed E-state index contributed by atoms with van der Waals surface area (Å²) in [6.07, 6.45) is 1.65. The first-order chi connectivity index (χ1) is 7.66. The van der Waals surface area contributed by atoms with Gasteiger partial charge in [0.25, 0.3) is 0 Å². The third-order valence-electron chi connectivity index (χ3n) is 2.19. The molecule has 0 radical (unpaired) electrons. The Hall–Kier alpha value is -1.88. The van der Waals surface area contributed by atoms with Crippen LogP contribution in [0.3, 0.4) is 0 Å². The molecule has 0 aliphatic heterocycles. The molecule has 0 atom stereocenters. The van der Waals surface area contributed by atoms with Crippen LogP contribution in [0.2, 0.25) is 5.02 Å². The Morgan fingerprint density at radius 2 is 2.06 bits per heavy atom. The molecule has 16 heavy (non-hydrogen) atoms. The van der Waals surface area contributed by atoms with Crippen molar-refractivity contribution in [1.29, 1.82) is 0 Å². The largest absolute Gasteiger partial charge is 0.310 e. The lowest BCUT2D eigenvalue weighted by Crippen LogP contribution is -1.94. The lowest BCUT2D eigenvalue weighted by Gasteiger charge is -1.98. The minimum Gasteiger partial charge on any atom is -0.275 e. The molecule has 1 aromatic heterocycles. The first-order valence-electron chi connectivity index (χ1n) is 4.58. The smallest absolute Gasteiger partial charge is 0.275 e. The third-order valence-corrected chi connectivity index (χ3v) is 2.44.